The Morgan fingerprint density at radius 2 is 1.78 bits per heavy atom. The molecule has 1 atom stereocenters. The van der Waals surface area contributed by atoms with Crippen LogP contribution in [0.25, 0.3) is 0 Å². The number of anilines is 2. The van der Waals surface area contributed by atoms with Gasteiger partial charge in [-0.2, -0.15) is 0 Å². The lowest BCUT2D eigenvalue weighted by Crippen LogP contribution is -2.22. The van der Waals surface area contributed by atoms with Gasteiger partial charge in [-0.1, -0.05) is 35.9 Å². The number of para-hydroxylation sites is 1. The van der Waals surface area contributed by atoms with Crippen molar-refractivity contribution < 1.29 is 19.1 Å². The number of rotatable bonds is 9. The SMILES string of the molecule is COc1ccc(Cl)cc1NC(=O)C(C)Sc1cccc(NC(=O)COc2ccccc2)c1. The van der Waals surface area contributed by atoms with Crippen molar-refractivity contribution in [3.8, 4) is 11.5 Å². The molecule has 0 saturated heterocycles. The molecule has 0 bridgehead atoms. The Balaban J connectivity index is 1.56. The summed E-state index contributed by atoms with van der Waals surface area (Å²) in [7, 11) is 1.53. The van der Waals surface area contributed by atoms with Gasteiger partial charge in [-0.3, -0.25) is 9.59 Å². The molecule has 0 aliphatic carbocycles. The quantitative estimate of drug-likeness (QED) is 0.404. The van der Waals surface area contributed by atoms with Gasteiger partial charge in [0.1, 0.15) is 11.5 Å². The van der Waals surface area contributed by atoms with E-state index in [1.54, 1.807) is 43.3 Å². The number of methoxy groups -OCH3 is 1. The van der Waals surface area contributed by atoms with Crippen molar-refractivity contribution in [3.63, 3.8) is 0 Å². The number of hydrogen-bond acceptors (Lipinski definition) is 5. The molecule has 6 nitrogen and oxygen atoms in total. The molecule has 1 unspecified atom stereocenters. The van der Waals surface area contributed by atoms with Crippen LogP contribution in [0.2, 0.25) is 5.02 Å². The average molecular weight is 471 g/mol. The fourth-order valence-electron chi connectivity index (χ4n) is 2.78. The third kappa shape index (κ3) is 6.93. The fraction of sp³-hybridized carbons (Fsp3) is 0.167. The highest BCUT2D eigenvalue weighted by molar-refractivity contribution is 8.00. The normalized spacial score (nSPS) is 11.3. The van der Waals surface area contributed by atoms with Crippen LogP contribution in [0.5, 0.6) is 11.5 Å². The minimum atomic E-state index is -0.397. The monoisotopic (exact) mass is 470 g/mol. The number of thioether (sulfide) groups is 1. The molecule has 3 rings (SSSR count). The molecule has 32 heavy (non-hydrogen) atoms. The summed E-state index contributed by atoms with van der Waals surface area (Å²) in [6.45, 7) is 1.71. The summed E-state index contributed by atoms with van der Waals surface area (Å²) >= 11 is 7.40. The standard InChI is InChI=1S/C24H23ClN2O4S/c1-16(24(29)27-21-13-17(25)11-12-22(21)30-2)32-20-10-6-7-18(14-20)26-23(28)15-31-19-8-4-3-5-9-19/h3-14,16H,15H2,1-2H3,(H,26,28)(H,27,29). The van der Waals surface area contributed by atoms with Gasteiger partial charge in [-0.15, -0.1) is 11.8 Å². The van der Waals surface area contributed by atoms with Gasteiger partial charge in [0.25, 0.3) is 5.91 Å². The molecule has 0 heterocycles. The minimum absolute atomic E-state index is 0.0956. The Kier molecular flexibility index (Phi) is 8.41. The van der Waals surface area contributed by atoms with E-state index >= 15 is 0 Å². The molecule has 0 fully saturated rings. The predicted molar refractivity (Wildman–Crippen MR) is 129 cm³/mol. The van der Waals surface area contributed by atoms with Gasteiger partial charge in [0, 0.05) is 15.6 Å². The smallest absolute Gasteiger partial charge is 0.262 e. The molecule has 0 aliphatic rings. The third-order valence-electron chi connectivity index (χ3n) is 4.33. The third-order valence-corrected chi connectivity index (χ3v) is 5.66. The summed E-state index contributed by atoms with van der Waals surface area (Å²) in [5.74, 6) is 0.696. The molecule has 0 aliphatic heterocycles. The maximum atomic E-state index is 12.7. The Hall–Kier alpha value is -3.16. The first-order valence-corrected chi connectivity index (χ1v) is 11.1. The zero-order valence-corrected chi connectivity index (χ0v) is 19.2. The van der Waals surface area contributed by atoms with E-state index in [2.05, 4.69) is 10.6 Å². The van der Waals surface area contributed by atoms with E-state index in [4.69, 9.17) is 21.1 Å². The van der Waals surface area contributed by atoms with Crippen molar-refractivity contribution in [2.75, 3.05) is 24.4 Å². The zero-order chi connectivity index (χ0) is 22.9. The lowest BCUT2D eigenvalue weighted by Gasteiger charge is -2.15. The fourth-order valence-corrected chi connectivity index (χ4v) is 3.88. The lowest BCUT2D eigenvalue weighted by atomic mass is 10.3. The molecule has 0 aromatic heterocycles. The van der Waals surface area contributed by atoms with Crippen molar-refractivity contribution in [3.05, 3.63) is 77.8 Å². The van der Waals surface area contributed by atoms with Crippen molar-refractivity contribution in [2.24, 2.45) is 0 Å². The van der Waals surface area contributed by atoms with E-state index < -0.39 is 5.25 Å². The maximum absolute atomic E-state index is 12.7. The number of amides is 2. The zero-order valence-electron chi connectivity index (χ0n) is 17.6. The van der Waals surface area contributed by atoms with Gasteiger partial charge in [0.2, 0.25) is 5.91 Å². The Morgan fingerprint density at radius 1 is 1.00 bits per heavy atom. The minimum Gasteiger partial charge on any atom is -0.495 e. The molecule has 2 N–H and O–H groups in total. The number of hydrogen-bond donors (Lipinski definition) is 2. The summed E-state index contributed by atoms with van der Waals surface area (Å²) in [4.78, 5) is 25.7. The molecule has 0 radical (unpaired) electrons. The van der Waals surface area contributed by atoms with Gasteiger partial charge in [0.05, 0.1) is 18.0 Å². The lowest BCUT2D eigenvalue weighted by molar-refractivity contribution is -0.118. The van der Waals surface area contributed by atoms with Gasteiger partial charge < -0.3 is 20.1 Å². The van der Waals surface area contributed by atoms with Gasteiger partial charge >= 0.3 is 0 Å². The number of benzene rings is 3. The van der Waals surface area contributed by atoms with Crippen LogP contribution in [0.1, 0.15) is 6.92 Å². The van der Waals surface area contributed by atoms with Crippen molar-refractivity contribution in [1.29, 1.82) is 0 Å². The molecule has 0 saturated carbocycles. The molecular weight excluding hydrogens is 448 g/mol. The summed E-state index contributed by atoms with van der Waals surface area (Å²) in [5.41, 5.74) is 1.14. The Morgan fingerprint density at radius 3 is 2.53 bits per heavy atom. The Labute approximate surface area is 196 Å². The number of carbonyl (C=O) groups excluding carboxylic acids is 2. The van der Waals surface area contributed by atoms with Crippen LogP contribution in [0, 0.1) is 0 Å². The highest BCUT2D eigenvalue weighted by atomic mass is 35.5. The van der Waals surface area contributed by atoms with E-state index in [0.717, 1.165) is 4.90 Å². The van der Waals surface area contributed by atoms with Gasteiger partial charge in [-0.25, -0.2) is 0 Å². The summed E-state index contributed by atoms with van der Waals surface area (Å²) < 4.78 is 10.7. The average Bonchev–Trinajstić information content (AvgIpc) is 2.79. The van der Waals surface area contributed by atoms with E-state index in [-0.39, 0.29) is 18.4 Å². The first kappa shape index (κ1) is 23.5. The van der Waals surface area contributed by atoms with E-state index in [1.807, 2.05) is 36.4 Å². The Bertz CT molecular complexity index is 1080. The molecule has 3 aromatic carbocycles. The second-order valence-electron chi connectivity index (χ2n) is 6.77. The van der Waals surface area contributed by atoms with Crippen molar-refractivity contribution >= 4 is 46.6 Å². The van der Waals surface area contributed by atoms with Crippen LogP contribution in [0.15, 0.2) is 77.7 Å². The molecule has 0 spiro atoms. The highest BCUT2D eigenvalue weighted by Crippen LogP contribution is 2.30. The van der Waals surface area contributed by atoms with E-state index in [1.165, 1.54) is 18.9 Å². The van der Waals surface area contributed by atoms with Gasteiger partial charge in [0.15, 0.2) is 6.61 Å². The van der Waals surface area contributed by atoms with Gasteiger partial charge in [-0.05, 0) is 55.5 Å². The molecule has 2 amide bonds. The maximum Gasteiger partial charge on any atom is 0.262 e. The molecule has 166 valence electrons. The summed E-state index contributed by atoms with van der Waals surface area (Å²) in [6, 6.07) is 21.5. The van der Waals surface area contributed by atoms with Crippen LogP contribution in [-0.4, -0.2) is 30.8 Å². The second kappa shape index (κ2) is 11.5. The van der Waals surface area contributed by atoms with Crippen LogP contribution in [-0.2, 0) is 9.59 Å². The summed E-state index contributed by atoms with van der Waals surface area (Å²) in [6.07, 6.45) is 0. The number of carbonyl (C=O) groups is 2. The van der Waals surface area contributed by atoms with Crippen LogP contribution in [0.3, 0.4) is 0 Å². The molecule has 8 heteroatoms. The van der Waals surface area contributed by atoms with Crippen LogP contribution in [0.4, 0.5) is 11.4 Å². The van der Waals surface area contributed by atoms with Crippen molar-refractivity contribution in [1.82, 2.24) is 0 Å². The highest BCUT2D eigenvalue weighted by Gasteiger charge is 2.17. The van der Waals surface area contributed by atoms with Crippen molar-refractivity contribution in [2.45, 2.75) is 17.1 Å². The van der Waals surface area contributed by atoms with Crippen LogP contribution < -0.4 is 20.1 Å². The number of nitrogens with one attached hydrogen (secondary N) is 2. The van der Waals surface area contributed by atoms with E-state index in [0.29, 0.717) is 27.9 Å². The first-order valence-electron chi connectivity index (χ1n) is 9.83. The molecule has 3 aromatic rings. The predicted octanol–water partition coefficient (Wildman–Crippen LogP) is 5.49. The number of halogens is 1. The second-order valence-corrected chi connectivity index (χ2v) is 8.62. The largest absolute Gasteiger partial charge is 0.495 e. The first-order chi connectivity index (χ1) is 15.4. The number of ether oxygens (including phenoxy) is 2. The molecular formula is C24H23ClN2O4S. The topological polar surface area (TPSA) is 76.7 Å². The summed E-state index contributed by atoms with van der Waals surface area (Å²) in [5, 5.41) is 5.76. The van der Waals surface area contributed by atoms with E-state index in [9.17, 15) is 9.59 Å². The van der Waals surface area contributed by atoms with Crippen LogP contribution >= 0.6 is 23.4 Å².